The van der Waals surface area contributed by atoms with Crippen LogP contribution in [0.4, 0.5) is 0 Å². The van der Waals surface area contributed by atoms with Crippen molar-refractivity contribution in [3.8, 4) is 0 Å². The SMILES string of the molecule is CC(N)C1CCN(C(=O)c2ccc(=O)[nH]c2)CC1. The zero-order valence-corrected chi connectivity index (χ0v) is 10.6. The zero-order chi connectivity index (χ0) is 13.1. The van der Waals surface area contributed by atoms with Crippen molar-refractivity contribution >= 4 is 5.91 Å². The average Bonchev–Trinajstić information content (AvgIpc) is 2.39. The van der Waals surface area contributed by atoms with Gasteiger partial charge in [0, 0.05) is 31.4 Å². The number of carbonyl (C=O) groups is 1. The van der Waals surface area contributed by atoms with Gasteiger partial charge in [0.2, 0.25) is 5.56 Å². The van der Waals surface area contributed by atoms with Gasteiger partial charge in [0.15, 0.2) is 0 Å². The molecule has 18 heavy (non-hydrogen) atoms. The van der Waals surface area contributed by atoms with E-state index in [1.807, 2.05) is 11.8 Å². The summed E-state index contributed by atoms with van der Waals surface area (Å²) in [5.74, 6) is 0.485. The first-order valence-corrected chi connectivity index (χ1v) is 6.31. The van der Waals surface area contributed by atoms with Gasteiger partial charge in [-0.15, -0.1) is 0 Å². The zero-order valence-electron chi connectivity index (χ0n) is 10.6. The monoisotopic (exact) mass is 249 g/mol. The molecule has 0 aliphatic carbocycles. The molecule has 0 bridgehead atoms. The van der Waals surface area contributed by atoms with Crippen LogP contribution in [-0.2, 0) is 0 Å². The summed E-state index contributed by atoms with van der Waals surface area (Å²) < 4.78 is 0. The number of aromatic amines is 1. The van der Waals surface area contributed by atoms with Gasteiger partial charge in [-0.2, -0.15) is 0 Å². The number of amides is 1. The Kier molecular flexibility index (Phi) is 3.81. The lowest BCUT2D eigenvalue weighted by atomic mass is 9.91. The van der Waals surface area contributed by atoms with Crippen molar-refractivity contribution in [3.05, 3.63) is 34.2 Å². The van der Waals surface area contributed by atoms with Crippen LogP contribution in [0.15, 0.2) is 23.1 Å². The van der Waals surface area contributed by atoms with Crippen LogP contribution < -0.4 is 11.3 Å². The summed E-state index contributed by atoms with van der Waals surface area (Å²) in [5, 5.41) is 0. The summed E-state index contributed by atoms with van der Waals surface area (Å²) in [4.78, 5) is 27.5. The molecular formula is C13H19N3O2. The molecule has 0 spiro atoms. The number of piperidine rings is 1. The Bertz CT molecular complexity index is 453. The summed E-state index contributed by atoms with van der Waals surface area (Å²) in [6.07, 6.45) is 3.38. The number of hydrogen-bond acceptors (Lipinski definition) is 3. The van der Waals surface area contributed by atoms with E-state index in [-0.39, 0.29) is 17.5 Å². The van der Waals surface area contributed by atoms with Gasteiger partial charge in [0.05, 0.1) is 5.56 Å². The molecule has 1 aliphatic heterocycles. The lowest BCUT2D eigenvalue weighted by molar-refractivity contribution is 0.0680. The number of hydrogen-bond donors (Lipinski definition) is 2. The van der Waals surface area contributed by atoms with Gasteiger partial charge in [-0.3, -0.25) is 9.59 Å². The second-order valence-corrected chi connectivity index (χ2v) is 4.93. The number of nitrogens with two attached hydrogens (primary N) is 1. The van der Waals surface area contributed by atoms with Crippen molar-refractivity contribution in [2.24, 2.45) is 11.7 Å². The van der Waals surface area contributed by atoms with Gasteiger partial charge in [-0.1, -0.05) is 0 Å². The summed E-state index contributed by atoms with van der Waals surface area (Å²) in [6, 6.07) is 3.14. The molecule has 1 atom stereocenters. The molecule has 5 nitrogen and oxygen atoms in total. The van der Waals surface area contributed by atoms with Crippen LogP contribution in [-0.4, -0.2) is 34.9 Å². The molecule has 3 N–H and O–H groups in total. The first-order valence-electron chi connectivity index (χ1n) is 6.31. The molecule has 98 valence electrons. The van der Waals surface area contributed by atoms with Crippen LogP contribution >= 0.6 is 0 Å². The summed E-state index contributed by atoms with van der Waals surface area (Å²) >= 11 is 0. The largest absolute Gasteiger partial charge is 0.339 e. The molecule has 0 radical (unpaired) electrons. The van der Waals surface area contributed by atoms with Crippen LogP contribution in [0, 0.1) is 5.92 Å². The van der Waals surface area contributed by atoms with E-state index in [9.17, 15) is 9.59 Å². The van der Waals surface area contributed by atoms with Gasteiger partial charge in [0.25, 0.3) is 5.91 Å². The standard InChI is InChI=1S/C13H19N3O2/c1-9(14)10-4-6-16(7-5-10)13(18)11-2-3-12(17)15-8-11/h2-3,8-10H,4-7,14H2,1H3,(H,15,17). The number of rotatable bonds is 2. The molecule has 1 saturated heterocycles. The van der Waals surface area contributed by atoms with Crippen molar-refractivity contribution in [2.45, 2.75) is 25.8 Å². The van der Waals surface area contributed by atoms with Crippen LogP contribution in [0.1, 0.15) is 30.1 Å². The minimum Gasteiger partial charge on any atom is -0.339 e. The van der Waals surface area contributed by atoms with Crippen molar-refractivity contribution < 1.29 is 4.79 Å². The maximum atomic E-state index is 12.2. The maximum Gasteiger partial charge on any atom is 0.255 e. The first-order chi connectivity index (χ1) is 8.58. The quantitative estimate of drug-likeness (QED) is 0.804. The lowest BCUT2D eigenvalue weighted by Gasteiger charge is -2.33. The fraction of sp³-hybridized carbons (Fsp3) is 0.538. The van der Waals surface area contributed by atoms with E-state index < -0.39 is 0 Å². The number of nitrogens with zero attached hydrogens (tertiary/aromatic N) is 1. The molecule has 0 aromatic carbocycles. The Balaban J connectivity index is 1.99. The van der Waals surface area contributed by atoms with E-state index >= 15 is 0 Å². The minimum atomic E-state index is -0.192. The molecule has 1 unspecified atom stereocenters. The highest BCUT2D eigenvalue weighted by molar-refractivity contribution is 5.93. The number of carbonyl (C=O) groups excluding carboxylic acids is 1. The average molecular weight is 249 g/mol. The first kappa shape index (κ1) is 12.8. The Morgan fingerprint density at radius 1 is 1.44 bits per heavy atom. The van der Waals surface area contributed by atoms with E-state index in [2.05, 4.69) is 4.98 Å². The summed E-state index contributed by atoms with van der Waals surface area (Å²) in [6.45, 7) is 3.50. The predicted molar refractivity (Wildman–Crippen MR) is 69.3 cm³/mol. The molecule has 2 heterocycles. The Labute approximate surface area is 106 Å². The fourth-order valence-electron chi connectivity index (χ4n) is 2.35. The lowest BCUT2D eigenvalue weighted by Crippen LogP contribution is -2.42. The van der Waals surface area contributed by atoms with Gasteiger partial charge < -0.3 is 15.6 Å². The smallest absolute Gasteiger partial charge is 0.255 e. The molecular weight excluding hydrogens is 230 g/mol. The number of likely N-dealkylation sites (tertiary alicyclic amines) is 1. The number of H-pyrrole nitrogens is 1. The van der Waals surface area contributed by atoms with E-state index in [0.717, 1.165) is 25.9 Å². The highest BCUT2D eigenvalue weighted by atomic mass is 16.2. The molecule has 1 aromatic heterocycles. The highest BCUT2D eigenvalue weighted by Gasteiger charge is 2.25. The number of aromatic nitrogens is 1. The normalized spacial score (nSPS) is 18.7. The van der Waals surface area contributed by atoms with E-state index in [0.29, 0.717) is 11.5 Å². The third-order valence-corrected chi connectivity index (χ3v) is 3.60. The van der Waals surface area contributed by atoms with E-state index in [1.165, 1.54) is 12.3 Å². The van der Waals surface area contributed by atoms with Crippen molar-refractivity contribution in [3.63, 3.8) is 0 Å². The number of nitrogens with one attached hydrogen (secondary N) is 1. The van der Waals surface area contributed by atoms with Crippen molar-refractivity contribution in [1.29, 1.82) is 0 Å². The third kappa shape index (κ3) is 2.79. The van der Waals surface area contributed by atoms with Crippen LogP contribution in [0.3, 0.4) is 0 Å². The van der Waals surface area contributed by atoms with E-state index in [4.69, 9.17) is 5.73 Å². The molecule has 5 heteroatoms. The van der Waals surface area contributed by atoms with Crippen LogP contribution in [0.25, 0.3) is 0 Å². The van der Waals surface area contributed by atoms with E-state index in [1.54, 1.807) is 6.07 Å². The van der Waals surface area contributed by atoms with Gasteiger partial charge in [-0.25, -0.2) is 0 Å². The Morgan fingerprint density at radius 2 is 2.11 bits per heavy atom. The summed E-state index contributed by atoms with van der Waals surface area (Å²) in [5.41, 5.74) is 6.22. The minimum absolute atomic E-state index is 0.0191. The van der Waals surface area contributed by atoms with Gasteiger partial charge >= 0.3 is 0 Å². The maximum absolute atomic E-state index is 12.2. The number of pyridine rings is 1. The second kappa shape index (κ2) is 5.35. The molecule has 1 aliphatic rings. The molecule has 1 amide bonds. The van der Waals surface area contributed by atoms with Gasteiger partial charge in [0.1, 0.15) is 0 Å². The Morgan fingerprint density at radius 3 is 2.61 bits per heavy atom. The second-order valence-electron chi connectivity index (χ2n) is 4.93. The van der Waals surface area contributed by atoms with Crippen molar-refractivity contribution in [1.82, 2.24) is 9.88 Å². The van der Waals surface area contributed by atoms with Crippen LogP contribution in [0.5, 0.6) is 0 Å². The molecule has 0 saturated carbocycles. The predicted octanol–water partition coefficient (Wildman–Crippen LogP) is 0.574. The third-order valence-electron chi connectivity index (χ3n) is 3.60. The summed E-state index contributed by atoms with van der Waals surface area (Å²) in [7, 11) is 0. The van der Waals surface area contributed by atoms with Crippen molar-refractivity contribution in [2.75, 3.05) is 13.1 Å². The molecule has 1 aromatic rings. The fourth-order valence-corrected chi connectivity index (χ4v) is 2.35. The highest BCUT2D eigenvalue weighted by Crippen LogP contribution is 2.20. The molecule has 2 rings (SSSR count). The Hall–Kier alpha value is -1.62. The molecule has 1 fully saturated rings. The van der Waals surface area contributed by atoms with Crippen LogP contribution in [0.2, 0.25) is 0 Å². The topological polar surface area (TPSA) is 79.2 Å². The van der Waals surface area contributed by atoms with Gasteiger partial charge in [-0.05, 0) is 31.7 Å².